The predicted molar refractivity (Wildman–Crippen MR) is 54.5 cm³/mol. The van der Waals surface area contributed by atoms with Gasteiger partial charge in [-0.15, -0.1) is 0 Å². The van der Waals surface area contributed by atoms with E-state index in [1.165, 1.54) is 0 Å². The van der Waals surface area contributed by atoms with E-state index < -0.39 is 0 Å². The SMILES string of the molecule is Cc1nn(CCCN(C)C)cc1N. The topological polar surface area (TPSA) is 47.1 Å². The van der Waals surface area contributed by atoms with Gasteiger partial charge in [-0.1, -0.05) is 0 Å². The standard InChI is InChI=1S/C9H18N4/c1-8-9(10)7-13(11-8)6-4-5-12(2)3/h7H,4-6,10H2,1-3H3. The van der Waals surface area contributed by atoms with Crippen LogP contribution in [-0.4, -0.2) is 35.3 Å². The summed E-state index contributed by atoms with van der Waals surface area (Å²) in [6.45, 7) is 3.95. The largest absolute Gasteiger partial charge is 0.396 e. The second-order valence-corrected chi connectivity index (χ2v) is 3.59. The van der Waals surface area contributed by atoms with Gasteiger partial charge in [0.1, 0.15) is 0 Å². The van der Waals surface area contributed by atoms with E-state index >= 15 is 0 Å². The Hall–Kier alpha value is -1.03. The van der Waals surface area contributed by atoms with Crippen LogP contribution in [0.1, 0.15) is 12.1 Å². The molecule has 1 aromatic heterocycles. The summed E-state index contributed by atoms with van der Waals surface area (Å²) in [5.41, 5.74) is 7.38. The smallest absolute Gasteiger partial charge is 0.0822 e. The van der Waals surface area contributed by atoms with Gasteiger partial charge in [0.15, 0.2) is 0 Å². The molecule has 1 aromatic rings. The zero-order valence-corrected chi connectivity index (χ0v) is 8.62. The molecule has 0 amide bonds. The molecule has 0 bridgehead atoms. The van der Waals surface area contributed by atoms with Crippen molar-refractivity contribution in [1.29, 1.82) is 0 Å². The van der Waals surface area contributed by atoms with Crippen molar-refractivity contribution in [3.63, 3.8) is 0 Å². The number of hydrogen-bond donors (Lipinski definition) is 1. The van der Waals surface area contributed by atoms with Crippen molar-refractivity contribution in [1.82, 2.24) is 14.7 Å². The lowest BCUT2D eigenvalue weighted by molar-refractivity contribution is 0.380. The minimum absolute atomic E-state index is 0.782. The number of rotatable bonds is 4. The molecule has 4 nitrogen and oxygen atoms in total. The normalized spacial score (nSPS) is 11.1. The van der Waals surface area contributed by atoms with E-state index in [-0.39, 0.29) is 0 Å². The summed E-state index contributed by atoms with van der Waals surface area (Å²) in [6.07, 6.45) is 3.00. The van der Waals surface area contributed by atoms with Crippen LogP contribution in [0, 0.1) is 6.92 Å². The van der Waals surface area contributed by atoms with Gasteiger partial charge in [0.05, 0.1) is 11.4 Å². The molecule has 0 aromatic carbocycles. The maximum absolute atomic E-state index is 5.68. The number of anilines is 1. The minimum Gasteiger partial charge on any atom is -0.396 e. The van der Waals surface area contributed by atoms with Gasteiger partial charge in [-0.3, -0.25) is 4.68 Å². The highest BCUT2D eigenvalue weighted by Gasteiger charge is 1.99. The Morgan fingerprint density at radius 2 is 2.23 bits per heavy atom. The van der Waals surface area contributed by atoms with Gasteiger partial charge in [0.2, 0.25) is 0 Å². The maximum atomic E-state index is 5.68. The van der Waals surface area contributed by atoms with Crippen LogP contribution < -0.4 is 5.73 Å². The van der Waals surface area contributed by atoms with E-state index in [1.54, 1.807) is 0 Å². The lowest BCUT2D eigenvalue weighted by Gasteiger charge is -2.08. The summed E-state index contributed by atoms with van der Waals surface area (Å²) in [6, 6.07) is 0. The minimum atomic E-state index is 0.782. The number of aryl methyl sites for hydroxylation is 2. The third-order valence-corrected chi connectivity index (χ3v) is 1.98. The molecular weight excluding hydrogens is 164 g/mol. The van der Waals surface area contributed by atoms with Gasteiger partial charge in [-0.25, -0.2) is 0 Å². The highest BCUT2D eigenvalue weighted by molar-refractivity contribution is 5.39. The third-order valence-electron chi connectivity index (χ3n) is 1.98. The molecule has 0 spiro atoms. The van der Waals surface area contributed by atoms with Crippen LogP contribution in [0.5, 0.6) is 0 Å². The second kappa shape index (κ2) is 4.28. The van der Waals surface area contributed by atoms with E-state index in [2.05, 4.69) is 24.1 Å². The Morgan fingerprint density at radius 3 is 2.69 bits per heavy atom. The Bertz CT molecular complexity index is 245. The number of nitrogens with two attached hydrogens (primary N) is 1. The van der Waals surface area contributed by atoms with Crippen LogP contribution in [0.15, 0.2) is 6.20 Å². The number of hydrogen-bond acceptors (Lipinski definition) is 3. The van der Waals surface area contributed by atoms with Crippen molar-refractivity contribution in [3.05, 3.63) is 11.9 Å². The Kier molecular flexibility index (Phi) is 3.31. The van der Waals surface area contributed by atoms with Crippen LogP contribution in [0.3, 0.4) is 0 Å². The van der Waals surface area contributed by atoms with Gasteiger partial charge >= 0.3 is 0 Å². The zero-order chi connectivity index (χ0) is 9.84. The van der Waals surface area contributed by atoms with Crippen molar-refractivity contribution in [2.24, 2.45) is 0 Å². The van der Waals surface area contributed by atoms with E-state index in [1.807, 2.05) is 17.8 Å². The molecule has 0 saturated heterocycles. The second-order valence-electron chi connectivity index (χ2n) is 3.59. The average Bonchev–Trinajstić information content (AvgIpc) is 2.30. The number of nitrogen functional groups attached to an aromatic ring is 1. The van der Waals surface area contributed by atoms with Crippen molar-refractivity contribution >= 4 is 5.69 Å². The highest BCUT2D eigenvalue weighted by Crippen LogP contribution is 2.06. The molecular formula is C9H18N4. The van der Waals surface area contributed by atoms with Crippen LogP contribution >= 0.6 is 0 Å². The van der Waals surface area contributed by atoms with Gasteiger partial charge in [0.25, 0.3) is 0 Å². The van der Waals surface area contributed by atoms with Crippen molar-refractivity contribution in [3.8, 4) is 0 Å². The molecule has 0 fully saturated rings. The molecule has 74 valence electrons. The lowest BCUT2D eigenvalue weighted by Crippen LogP contribution is -2.15. The fraction of sp³-hybridized carbons (Fsp3) is 0.667. The summed E-state index contributed by atoms with van der Waals surface area (Å²) in [5.74, 6) is 0. The molecule has 2 N–H and O–H groups in total. The predicted octanol–water partition coefficient (Wildman–Crippen LogP) is 0.725. The molecule has 0 aliphatic rings. The molecule has 0 aliphatic heterocycles. The summed E-state index contributed by atoms with van der Waals surface area (Å²) >= 11 is 0. The Balaban J connectivity index is 2.37. The van der Waals surface area contributed by atoms with Crippen molar-refractivity contribution < 1.29 is 0 Å². The van der Waals surface area contributed by atoms with Crippen molar-refractivity contribution in [2.75, 3.05) is 26.4 Å². The van der Waals surface area contributed by atoms with Crippen LogP contribution in [0.4, 0.5) is 5.69 Å². The summed E-state index contributed by atoms with van der Waals surface area (Å²) in [7, 11) is 4.14. The fourth-order valence-corrected chi connectivity index (χ4v) is 1.20. The van der Waals surface area contributed by atoms with Gasteiger partial charge in [-0.05, 0) is 34.0 Å². The first kappa shape index (κ1) is 10.1. The van der Waals surface area contributed by atoms with Gasteiger partial charge < -0.3 is 10.6 Å². The van der Waals surface area contributed by atoms with Crippen LogP contribution in [0.25, 0.3) is 0 Å². The third kappa shape index (κ3) is 3.06. The molecule has 0 saturated carbocycles. The fourth-order valence-electron chi connectivity index (χ4n) is 1.20. The van der Waals surface area contributed by atoms with E-state index in [9.17, 15) is 0 Å². The summed E-state index contributed by atoms with van der Waals surface area (Å²) in [4.78, 5) is 2.17. The summed E-state index contributed by atoms with van der Waals surface area (Å²) in [5, 5.41) is 4.28. The molecule has 1 rings (SSSR count). The first-order chi connectivity index (χ1) is 6.09. The first-order valence-corrected chi connectivity index (χ1v) is 4.54. The zero-order valence-electron chi connectivity index (χ0n) is 8.62. The van der Waals surface area contributed by atoms with Crippen molar-refractivity contribution in [2.45, 2.75) is 19.9 Å². The van der Waals surface area contributed by atoms with E-state index in [4.69, 9.17) is 5.73 Å². The Labute approximate surface area is 79.3 Å². The number of nitrogens with zero attached hydrogens (tertiary/aromatic N) is 3. The average molecular weight is 182 g/mol. The van der Waals surface area contributed by atoms with Crippen LogP contribution in [-0.2, 0) is 6.54 Å². The quantitative estimate of drug-likeness (QED) is 0.746. The highest BCUT2D eigenvalue weighted by atomic mass is 15.3. The number of aromatic nitrogens is 2. The molecule has 0 unspecified atom stereocenters. The Morgan fingerprint density at radius 1 is 1.54 bits per heavy atom. The summed E-state index contributed by atoms with van der Waals surface area (Å²) < 4.78 is 1.91. The molecule has 0 aliphatic carbocycles. The molecule has 4 heteroatoms. The molecule has 0 radical (unpaired) electrons. The lowest BCUT2D eigenvalue weighted by atomic mass is 10.4. The van der Waals surface area contributed by atoms with Crippen LogP contribution in [0.2, 0.25) is 0 Å². The molecule has 0 atom stereocenters. The molecule has 13 heavy (non-hydrogen) atoms. The van der Waals surface area contributed by atoms with Gasteiger partial charge in [0, 0.05) is 12.7 Å². The van der Waals surface area contributed by atoms with E-state index in [0.717, 1.165) is 30.9 Å². The maximum Gasteiger partial charge on any atom is 0.0822 e. The molecule has 1 heterocycles. The van der Waals surface area contributed by atoms with Gasteiger partial charge in [-0.2, -0.15) is 5.10 Å². The van der Waals surface area contributed by atoms with E-state index in [0.29, 0.717) is 0 Å². The monoisotopic (exact) mass is 182 g/mol. The first-order valence-electron chi connectivity index (χ1n) is 4.54.